The molecule has 4 heteroatoms. The predicted molar refractivity (Wildman–Crippen MR) is 43.3 cm³/mol. The van der Waals surface area contributed by atoms with Crippen molar-refractivity contribution in [1.29, 1.82) is 0 Å². The Kier molecular flexibility index (Phi) is 2.82. The van der Waals surface area contributed by atoms with E-state index in [9.17, 15) is 0 Å². The molecule has 0 saturated carbocycles. The lowest BCUT2D eigenvalue weighted by Gasteiger charge is -2.06. The summed E-state index contributed by atoms with van der Waals surface area (Å²) in [6.45, 7) is -0.0952. The summed E-state index contributed by atoms with van der Waals surface area (Å²) in [5, 5.41) is 9.22. The maximum Gasteiger partial charge on any atom is 0.0624 e. The second-order valence-electron chi connectivity index (χ2n) is 2.23. The number of rotatable bonds is 2. The quantitative estimate of drug-likeness (QED) is 0.692. The molecule has 0 radical (unpaired) electrons. The number of hydrogen-bond acceptors (Lipinski definition) is 3. The maximum atomic E-state index is 8.68. The smallest absolute Gasteiger partial charge is 0.0624 e. The molecule has 1 atom stereocenters. The number of hydrogen-bond donors (Lipinski definition) is 2. The van der Waals surface area contributed by atoms with Crippen LogP contribution in [-0.2, 0) is 0 Å². The van der Waals surface area contributed by atoms with Gasteiger partial charge in [-0.3, -0.25) is 4.98 Å². The molecular weight excluding hydrogens is 164 g/mol. The van der Waals surface area contributed by atoms with E-state index in [0.717, 1.165) is 5.56 Å². The van der Waals surface area contributed by atoms with Crippen molar-refractivity contribution in [3.63, 3.8) is 0 Å². The lowest BCUT2D eigenvalue weighted by molar-refractivity contribution is 0.268. The highest BCUT2D eigenvalue weighted by molar-refractivity contribution is 6.30. The van der Waals surface area contributed by atoms with Gasteiger partial charge in [0.05, 0.1) is 17.7 Å². The molecule has 60 valence electrons. The van der Waals surface area contributed by atoms with E-state index >= 15 is 0 Å². The summed E-state index contributed by atoms with van der Waals surface area (Å²) in [6, 6.07) is 1.30. The molecule has 0 saturated heterocycles. The molecule has 0 aliphatic rings. The first-order valence-corrected chi connectivity index (χ1v) is 3.58. The minimum atomic E-state index is -0.388. The standard InChI is InChI=1S/C7H9ClN2O/c8-6-1-5(2-10-3-6)7(9)4-11/h1-3,7,11H,4,9H2. The van der Waals surface area contributed by atoms with Crippen molar-refractivity contribution in [3.05, 3.63) is 29.0 Å². The van der Waals surface area contributed by atoms with Crippen molar-refractivity contribution in [2.24, 2.45) is 5.73 Å². The number of aromatic nitrogens is 1. The van der Waals surface area contributed by atoms with Gasteiger partial charge in [-0.05, 0) is 11.6 Å². The van der Waals surface area contributed by atoms with Gasteiger partial charge < -0.3 is 10.8 Å². The highest BCUT2D eigenvalue weighted by Crippen LogP contribution is 2.13. The number of aliphatic hydroxyl groups is 1. The summed E-state index contributed by atoms with van der Waals surface area (Å²) >= 11 is 5.65. The summed E-state index contributed by atoms with van der Waals surface area (Å²) < 4.78 is 0. The molecule has 0 fully saturated rings. The number of nitrogens with zero attached hydrogens (tertiary/aromatic N) is 1. The molecule has 0 bridgehead atoms. The molecular formula is C7H9ClN2O. The van der Waals surface area contributed by atoms with E-state index in [1.807, 2.05) is 0 Å². The highest BCUT2D eigenvalue weighted by Gasteiger charge is 2.03. The second-order valence-corrected chi connectivity index (χ2v) is 2.66. The largest absolute Gasteiger partial charge is 0.394 e. The van der Waals surface area contributed by atoms with E-state index in [1.54, 1.807) is 12.3 Å². The van der Waals surface area contributed by atoms with Crippen LogP contribution in [0.3, 0.4) is 0 Å². The molecule has 1 unspecified atom stereocenters. The van der Waals surface area contributed by atoms with Crippen molar-refractivity contribution >= 4 is 11.6 Å². The van der Waals surface area contributed by atoms with Gasteiger partial charge in [0.15, 0.2) is 0 Å². The van der Waals surface area contributed by atoms with Crippen LogP contribution >= 0.6 is 11.6 Å². The Morgan fingerprint density at radius 3 is 2.91 bits per heavy atom. The lowest BCUT2D eigenvalue weighted by Crippen LogP contribution is -2.14. The van der Waals surface area contributed by atoms with Crippen molar-refractivity contribution in [2.75, 3.05) is 6.61 Å². The Labute approximate surface area is 69.8 Å². The van der Waals surface area contributed by atoms with Gasteiger partial charge in [-0.25, -0.2) is 0 Å². The summed E-state index contributed by atoms with van der Waals surface area (Å²) in [4.78, 5) is 3.83. The van der Waals surface area contributed by atoms with E-state index in [0.29, 0.717) is 5.02 Å². The average Bonchev–Trinajstić information content (AvgIpc) is 2.03. The van der Waals surface area contributed by atoms with Crippen LogP contribution in [0, 0.1) is 0 Å². The molecule has 0 amide bonds. The van der Waals surface area contributed by atoms with Crippen molar-refractivity contribution in [3.8, 4) is 0 Å². The fraction of sp³-hybridized carbons (Fsp3) is 0.286. The van der Waals surface area contributed by atoms with Crippen molar-refractivity contribution in [1.82, 2.24) is 4.98 Å². The molecule has 1 rings (SSSR count). The summed E-state index contributed by atoms with van der Waals surface area (Å²) in [5.74, 6) is 0. The molecule has 3 nitrogen and oxygen atoms in total. The minimum Gasteiger partial charge on any atom is -0.394 e. The Balaban J connectivity index is 2.86. The third-order valence-electron chi connectivity index (χ3n) is 1.35. The zero-order chi connectivity index (χ0) is 8.27. The summed E-state index contributed by atoms with van der Waals surface area (Å²) in [6.07, 6.45) is 3.11. The Hall–Kier alpha value is -0.640. The van der Waals surface area contributed by atoms with Crippen molar-refractivity contribution in [2.45, 2.75) is 6.04 Å². The zero-order valence-corrected chi connectivity index (χ0v) is 6.62. The van der Waals surface area contributed by atoms with Crippen LogP contribution in [0.1, 0.15) is 11.6 Å². The van der Waals surface area contributed by atoms with Crippen LogP contribution in [0.5, 0.6) is 0 Å². The number of pyridine rings is 1. The van der Waals surface area contributed by atoms with E-state index < -0.39 is 0 Å². The van der Waals surface area contributed by atoms with Gasteiger partial charge in [-0.1, -0.05) is 11.6 Å². The van der Waals surface area contributed by atoms with Gasteiger partial charge in [0.1, 0.15) is 0 Å². The molecule has 0 spiro atoms. The molecule has 3 N–H and O–H groups in total. The van der Waals surface area contributed by atoms with Gasteiger partial charge >= 0.3 is 0 Å². The van der Waals surface area contributed by atoms with Crippen LogP contribution in [-0.4, -0.2) is 16.7 Å². The normalized spacial score (nSPS) is 13.0. The van der Waals surface area contributed by atoms with Gasteiger partial charge in [0.25, 0.3) is 0 Å². The van der Waals surface area contributed by atoms with Gasteiger partial charge in [0.2, 0.25) is 0 Å². The van der Waals surface area contributed by atoms with E-state index in [2.05, 4.69) is 4.98 Å². The first-order chi connectivity index (χ1) is 5.24. The van der Waals surface area contributed by atoms with Crippen LogP contribution in [0.15, 0.2) is 18.5 Å². The molecule has 0 aliphatic carbocycles. The third-order valence-corrected chi connectivity index (χ3v) is 1.56. The van der Waals surface area contributed by atoms with Crippen molar-refractivity contribution < 1.29 is 5.11 Å². The molecule has 11 heavy (non-hydrogen) atoms. The predicted octanol–water partition coefficient (Wildman–Crippen LogP) is 0.727. The Bertz CT molecular complexity index is 242. The second kappa shape index (κ2) is 3.67. The SMILES string of the molecule is NC(CO)c1cncc(Cl)c1. The summed E-state index contributed by atoms with van der Waals surface area (Å²) in [7, 11) is 0. The molecule has 1 aromatic heterocycles. The maximum absolute atomic E-state index is 8.68. The molecule has 1 aromatic rings. The molecule has 0 aromatic carbocycles. The molecule has 1 heterocycles. The fourth-order valence-corrected chi connectivity index (χ4v) is 0.919. The first-order valence-electron chi connectivity index (χ1n) is 3.21. The lowest BCUT2D eigenvalue weighted by atomic mass is 10.1. The zero-order valence-electron chi connectivity index (χ0n) is 5.87. The number of nitrogens with two attached hydrogens (primary N) is 1. The van der Waals surface area contributed by atoms with E-state index in [1.165, 1.54) is 6.20 Å². The average molecular weight is 173 g/mol. The van der Waals surface area contributed by atoms with Crippen LogP contribution in [0.25, 0.3) is 0 Å². The van der Waals surface area contributed by atoms with Crippen LogP contribution in [0.4, 0.5) is 0 Å². The first kappa shape index (κ1) is 8.46. The fourth-order valence-electron chi connectivity index (χ4n) is 0.736. The van der Waals surface area contributed by atoms with E-state index in [-0.39, 0.29) is 12.6 Å². The molecule has 0 aliphatic heterocycles. The summed E-state index contributed by atoms with van der Waals surface area (Å²) in [5.41, 5.74) is 6.26. The Morgan fingerprint density at radius 2 is 2.36 bits per heavy atom. The topological polar surface area (TPSA) is 59.1 Å². The number of aliphatic hydroxyl groups excluding tert-OH is 1. The number of halogens is 1. The Morgan fingerprint density at radius 1 is 1.64 bits per heavy atom. The van der Waals surface area contributed by atoms with Gasteiger partial charge in [-0.2, -0.15) is 0 Å². The van der Waals surface area contributed by atoms with E-state index in [4.69, 9.17) is 22.4 Å². The van der Waals surface area contributed by atoms with Crippen LogP contribution < -0.4 is 5.73 Å². The monoisotopic (exact) mass is 172 g/mol. The van der Waals surface area contributed by atoms with Crippen LogP contribution in [0.2, 0.25) is 5.02 Å². The third kappa shape index (κ3) is 2.15. The highest BCUT2D eigenvalue weighted by atomic mass is 35.5. The van der Waals surface area contributed by atoms with Gasteiger partial charge in [0, 0.05) is 12.4 Å². The minimum absolute atomic E-state index is 0.0952. The van der Waals surface area contributed by atoms with Gasteiger partial charge in [-0.15, -0.1) is 0 Å².